The van der Waals surface area contributed by atoms with Crippen molar-refractivity contribution in [2.45, 2.75) is 0 Å². The maximum atomic E-state index is 12.2. The van der Waals surface area contributed by atoms with Crippen molar-refractivity contribution in [3.63, 3.8) is 0 Å². The number of nitrogen functional groups attached to an aromatic ring is 1. The molecule has 0 saturated carbocycles. The van der Waals surface area contributed by atoms with Gasteiger partial charge in [-0.1, -0.05) is 12.1 Å². The first-order valence-electron chi connectivity index (χ1n) is 7.18. The molecule has 1 aromatic carbocycles. The highest BCUT2D eigenvalue weighted by molar-refractivity contribution is 6.07. The van der Waals surface area contributed by atoms with Crippen LogP contribution in [0.4, 0.5) is 17.2 Å². The third-order valence-electron chi connectivity index (χ3n) is 3.57. The minimum Gasteiger partial charge on any atom is -0.398 e. The molecule has 1 aromatic heterocycles. The van der Waals surface area contributed by atoms with Crippen LogP contribution in [0.15, 0.2) is 42.6 Å². The second-order valence-electron chi connectivity index (χ2n) is 5.04. The van der Waals surface area contributed by atoms with Gasteiger partial charge in [0.25, 0.3) is 5.91 Å². The van der Waals surface area contributed by atoms with E-state index in [0.29, 0.717) is 17.1 Å². The second-order valence-corrected chi connectivity index (χ2v) is 5.04. The number of nitrogens with two attached hydrogens (primary N) is 1. The van der Waals surface area contributed by atoms with Gasteiger partial charge in [0.15, 0.2) is 0 Å². The molecule has 0 bridgehead atoms. The van der Waals surface area contributed by atoms with Crippen molar-refractivity contribution in [3.8, 4) is 0 Å². The highest BCUT2D eigenvalue weighted by Gasteiger charge is 2.13. The van der Waals surface area contributed by atoms with Gasteiger partial charge in [0, 0.05) is 18.8 Å². The first kappa shape index (κ1) is 14.3. The number of aromatic nitrogens is 1. The molecule has 0 atom stereocenters. The largest absolute Gasteiger partial charge is 0.398 e. The van der Waals surface area contributed by atoms with E-state index in [4.69, 9.17) is 10.5 Å². The van der Waals surface area contributed by atoms with Gasteiger partial charge in [-0.15, -0.1) is 0 Å². The number of anilines is 3. The van der Waals surface area contributed by atoms with Crippen molar-refractivity contribution in [1.82, 2.24) is 4.98 Å². The molecule has 1 fully saturated rings. The highest BCUT2D eigenvalue weighted by atomic mass is 16.5. The van der Waals surface area contributed by atoms with Crippen LogP contribution >= 0.6 is 0 Å². The Hall–Kier alpha value is -2.60. The number of benzene rings is 1. The number of morpholine rings is 1. The Morgan fingerprint density at radius 2 is 1.95 bits per heavy atom. The van der Waals surface area contributed by atoms with Crippen molar-refractivity contribution in [3.05, 3.63) is 48.2 Å². The zero-order valence-electron chi connectivity index (χ0n) is 12.2. The second kappa shape index (κ2) is 6.44. The fourth-order valence-corrected chi connectivity index (χ4v) is 2.36. The smallest absolute Gasteiger partial charge is 0.258 e. The Kier molecular flexibility index (Phi) is 4.20. The molecule has 1 amide bonds. The standard InChI is InChI=1S/C16H18N4O2/c17-14-4-2-1-3-13(14)16(21)19-15-6-5-12(11-18-15)20-7-9-22-10-8-20/h1-6,11H,7-10,17H2,(H,18,19,21). The molecule has 0 radical (unpaired) electrons. The molecule has 6 nitrogen and oxygen atoms in total. The predicted molar refractivity (Wildman–Crippen MR) is 86.1 cm³/mol. The monoisotopic (exact) mass is 298 g/mol. The number of para-hydroxylation sites is 1. The molecule has 1 saturated heterocycles. The van der Waals surface area contributed by atoms with Crippen LogP contribution in [0.2, 0.25) is 0 Å². The van der Waals surface area contributed by atoms with Crippen LogP contribution in [-0.2, 0) is 4.74 Å². The number of carbonyl (C=O) groups excluding carboxylic acids is 1. The first-order chi connectivity index (χ1) is 10.7. The molecule has 3 rings (SSSR count). The van der Waals surface area contributed by atoms with E-state index in [0.717, 1.165) is 32.0 Å². The van der Waals surface area contributed by atoms with E-state index in [2.05, 4.69) is 15.2 Å². The van der Waals surface area contributed by atoms with E-state index in [9.17, 15) is 4.79 Å². The van der Waals surface area contributed by atoms with Crippen molar-refractivity contribution in [2.75, 3.05) is 42.3 Å². The molecule has 0 spiro atoms. The Morgan fingerprint density at radius 3 is 2.64 bits per heavy atom. The van der Waals surface area contributed by atoms with Crippen molar-refractivity contribution in [2.24, 2.45) is 0 Å². The molecule has 22 heavy (non-hydrogen) atoms. The number of rotatable bonds is 3. The number of ether oxygens (including phenoxy) is 1. The highest BCUT2D eigenvalue weighted by Crippen LogP contribution is 2.18. The van der Waals surface area contributed by atoms with Crippen LogP contribution < -0.4 is 16.0 Å². The molecular formula is C16H18N4O2. The lowest BCUT2D eigenvalue weighted by atomic mass is 10.1. The van der Waals surface area contributed by atoms with Crippen LogP contribution in [0.25, 0.3) is 0 Å². The van der Waals surface area contributed by atoms with Crippen LogP contribution in [0.5, 0.6) is 0 Å². The summed E-state index contributed by atoms with van der Waals surface area (Å²) in [6, 6.07) is 10.7. The number of hydrogen-bond donors (Lipinski definition) is 2. The number of nitrogens with one attached hydrogen (secondary N) is 1. The number of nitrogens with zero attached hydrogens (tertiary/aromatic N) is 2. The van der Waals surface area contributed by atoms with Gasteiger partial charge in [0.2, 0.25) is 0 Å². The van der Waals surface area contributed by atoms with Crippen molar-refractivity contribution < 1.29 is 9.53 Å². The van der Waals surface area contributed by atoms with Gasteiger partial charge in [-0.05, 0) is 24.3 Å². The number of amides is 1. The van der Waals surface area contributed by atoms with Gasteiger partial charge >= 0.3 is 0 Å². The van der Waals surface area contributed by atoms with E-state index < -0.39 is 0 Å². The Morgan fingerprint density at radius 1 is 1.18 bits per heavy atom. The van der Waals surface area contributed by atoms with Crippen LogP contribution in [-0.4, -0.2) is 37.2 Å². The summed E-state index contributed by atoms with van der Waals surface area (Å²) in [4.78, 5) is 18.7. The van der Waals surface area contributed by atoms with Crippen LogP contribution in [0, 0.1) is 0 Å². The zero-order chi connectivity index (χ0) is 15.4. The van der Waals surface area contributed by atoms with Gasteiger partial charge in [-0.25, -0.2) is 4.98 Å². The molecule has 2 aromatic rings. The van der Waals surface area contributed by atoms with Crippen LogP contribution in [0.1, 0.15) is 10.4 Å². The lowest BCUT2D eigenvalue weighted by Gasteiger charge is -2.28. The minimum atomic E-state index is -0.260. The van der Waals surface area contributed by atoms with E-state index in [1.165, 1.54) is 0 Å². The molecule has 6 heteroatoms. The molecule has 114 valence electrons. The zero-order valence-corrected chi connectivity index (χ0v) is 12.2. The van der Waals surface area contributed by atoms with Gasteiger partial charge in [-0.2, -0.15) is 0 Å². The molecule has 2 heterocycles. The minimum absolute atomic E-state index is 0.260. The normalized spacial score (nSPS) is 14.6. The first-order valence-corrected chi connectivity index (χ1v) is 7.18. The Labute approximate surface area is 128 Å². The summed E-state index contributed by atoms with van der Waals surface area (Å²) >= 11 is 0. The topological polar surface area (TPSA) is 80.5 Å². The molecule has 1 aliphatic heterocycles. The molecule has 3 N–H and O–H groups in total. The average molecular weight is 298 g/mol. The molecular weight excluding hydrogens is 280 g/mol. The summed E-state index contributed by atoms with van der Waals surface area (Å²) in [7, 11) is 0. The maximum absolute atomic E-state index is 12.2. The Balaban J connectivity index is 1.68. The summed E-state index contributed by atoms with van der Waals surface area (Å²) in [5.41, 5.74) is 7.72. The third-order valence-corrected chi connectivity index (χ3v) is 3.57. The Bertz CT molecular complexity index is 651. The average Bonchev–Trinajstić information content (AvgIpc) is 2.57. The lowest BCUT2D eigenvalue weighted by Crippen LogP contribution is -2.36. The molecule has 1 aliphatic rings. The fourth-order valence-electron chi connectivity index (χ4n) is 2.36. The van der Waals surface area contributed by atoms with Crippen molar-refractivity contribution >= 4 is 23.1 Å². The summed E-state index contributed by atoms with van der Waals surface area (Å²) in [6.07, 6.45) is 1.76. The van der Waals surface area contributed by atoms with E-state index in [1.807, 2.05) is 6.07 Å². The predicted octanol–water partition coefficient (Wildman–Crippen LogP) is 1.75. The lowest BCUT2D eigenvalue weighted by molar-refractivity contribution is 0.102. The number of carbonyl (C=O) groups is 1. The molecule has 0 unspecified atom stereocenters. The SMILES string of the molecule is Nc1ccccc1C(=O)Nc1ccc(N2CCOCC2)cn1. The number of pyridine rings is 1. The summed E-state index contributed by atoms with van der Waals surface area (Å²) < 4.78 is 5.33. The quantitative estimate of drug-likeness (QED) is 0.844. The third kappa shape index (κ3) is 3.17. The summed E-state index contributed by atoms with van der Waals surface area (Å²) in [5, 5.41) is 2.76. The molecule has 0 aliphatic carbocycles. The van der Waals surface area contributed by atoms with Gasteiger partial charge in [0.1, 0.15) is 5.82 Å². The van der Waals surface area contributed by atoms with E-state index >= 15 is 0 Å². The summed E-state index contributed by atoms with van der Waals surface area (Å²) in [6.45, 7) is 3.17. The summed E-state index contributed by atoms with van der Waals surface area (Å²) in [5.74, 6) is 0.245. The van der Waals surface area contributed by atoms with Crippen molar-refractivity contribution in [1.29, 1.82) is 0 Å². The van der Waals surface area contributed by atoms with E-state index in [-0.39, 0.29) is 5.91 Å². The fraction of sp³-hybridized carbons (Fsp3) is 0.250. The van der Waals surface area contributed by atoms with Gasteiger partial charge < -0.3 is 20.7 Å². The van der Waals surface area contributed by atoms with Crippen LogP contribution in [0.3, 0.4) is 0 Å². The van der Waals surface area contributed by atoms with Gasteiger partial charge in [0.05, 0.1) is 30.7 Å². The maximum Gasteiger partial charge on any atom is 0.258 e. The van der Waals surface area contributed by atoms with Gasteiger partial charge in [-0.3, -0.25) is 4.79 Å². The number of hydrogen-bond acceptors (Lipinski definition) is 5. The van der Waals surface area contributed by atoms with E-state index in [1.54, 1.807) is 36.5 Å².